The molecule has 4 nitrogen and oxygen atoms in total. The van der Waals surface area contributed by atoms with Crippen molar-refractivity contribution in [3.05, 3.63) is 23.3 Å². The molecule has 0 bridgehead atoms. The van der Waals surface area contributed by atoms with Crippen LogP contribution in [0.2, 0.25) is 0 Å². The monoisotopic (exact) mass is 235 g/mol. The fraction of sp³-hybridized carbons (Fsp3) is 0.222. The molecular formula is C9H8F3NO3. The van der Waals surface area contributed by atoms with E-state index in [4.69, 9.17) is 15.9 Å². The largest absolute Gasteiger partial charge is 0.504 e. The Morgan fingerprint density at radius 2 is 1.75 bits per heavy atom. The highest BCUT2D eigenvalue weighted by Gasteiger charge is 2.36. The van der Waals surface area contributed by atoms with Gasteiger partial charge in [0, 0.05) is 5.56 Å². The van der Waals surface area contributed by atoms with Crippen LogP contribution >= 0.6 is 0 Å². The first-order chi connectivity index (χ1) is 7.27. The van der Waals surface area contributed by atoms with Crippen LogP contribution in [0.1, 0.15) is 15.9 Å². The third-order valence-electron chi connectivity index (χ3n) is 1.91. The van der Waals surface area contributed by atoms with Gasteiger partial charge in [0.1, 0.15) is 0 Å². The van der Waals surface area contributed by atoms with Gasteiger partial charge in [-0.3, -0.25) is 4.79 Å². The number of phenols is 2. The molecule has 0 spiro atoms. The van der Waals surface area contributed by atoms with Gasteiger partial charge >= 0.3 is 6.18 Å². The van der Waals surface area contributed by atoms with Gasteiger partial charge in [-0.25, -0.2) is 0 Å². The third-order valence-corrected chi connectivity index (χ3v) is 1.91. The zero-order chi connectivity index (χ0) is 12.5. The molecule has 1 rings (SSSR count). The Balaban J connectivity index is 3.45. The highest BCUT2D eigenvalue weighted by atomic mass is 19.4. The van der Waals surface area contributed by atoms with E-state index in [9.17, 15) is 18.0 Å². The average Bonchev–Trinajstić information content (AvgIpc) is 2.18. The van der Waals surface area contributed by atoms with Gasteiger partial charge < -0.3 is 15.9 Å². The van der Waals surface area contributed by atoms with Gasteiger partial charge in [-0.05, 0) is 12.1 Å². The molecule has 0 fully saturated rings. The number of phenolic OH excluding ortho intramolecular Hbond substituents is 2. The highest BCUT2D eigenvalue weighted by molar-refractivity contribution is 5.99. The number of carbonyl (C=O) groups is 1. The molecule has 7 heteroatoms. The molecule has 0 saturated heterocycles. The first-order valence-corrected chi connectivity index (χ1v) is 4.13. The van der Waals surface area contributed by atoms with E-state index < -0.39 is 41.1 Å². The van der Waals surface area contributed by atoms with E-state index in [1.807, 2.05) is 0 Å². The Labute approximate surface area is 88.1 Å². The number of nitrogens with two attached hydrogens (primary N) is 1. The first kappa shape index (κ1) is 12.3. The number of alkyl halides is 3. The molecule has 0 radical (unpaired) electrons. The predicted molar refractivity (Wildman–Crippen MR) is 48.2 cm³/mol. The second-order valence-corrected chi connectivity index (χ2v) is 3.01. The number of ketones is 1. The van der Waals surface area contributed by atoms with Crippen molar-refractivity contribution < 1.29 is 28.2 Å². The highest BCUT2D eigenvalue weighted by Crippen LogP contribution is 2.38. The Morgan fingerprint density at radius 3 is 2.19 bits per heavy atom. The lowest BCUT2D eigenvalue weighted by molar-refractivity contribution is -0.138. The molecule has 0 aliphatic rings. The Hall–Kier alpha value is -1.76. The quantitative estimate of drug-likeness (QED) is 0.532. The molecule has 16 heavy (non-hydrogen) atoms. The van der Waals surface area contributed by atoms with E-state index in [2.05, 4.69) is 0 Å². The molecule has 0 atom stereocenters. The topological polar surface area (TPSA) is 83.6 Å². The van der Waals surface area contributed by atoms with Crippen molar-refractivity contribution in [3.63, 3.8) is 0 Å². The number of hydrogen-bond donors (Lipinski definition) is 3. The fourth-order valence-electron chi connectivity index (χ4n) is 1.15. The molecule has 0 saturated carbocycles. The zero-order valence-electron chi connectivity index (χ0n) is 7.88. The van der Waals surface area contributed by atoms with E-state index in [0.29, 0.717) is 6.07 Å². The van der Waals surface area contributed by atoms with Crippen LogP contribution in [-0.2, 0) is 6.18 Å². The molecule has 0 aliphatic heterocycles. The summed E-state index contributed by atoms with van der Waals surface area (Å²) in [6, 6.07) is 0.839. The molecule has 1 aromatic carbocycles. The standard InChI is InChI=1S/C9H8F3NO3/c10-9(11,12)5-2-7(15)6(14)1-4(5)8(16)3-13/h1-2,14-15H,3,13H2. The number of halogens is 3. The zero-order valence-corrected chi connectivity index (χ0v) is 7.88. The molecule has 88 valence electrons. The van der Waals surface area contributed by atoms with E-state index in [-0.39, 0.29) is 6.07 Å². The summed E-state index contributed by atoms with van der Waals surface area (Å²) in [6.07, 6.45) is -4.80. The lowest BCUT2D eigenvalue weighted by atomic mass is 10.0. The van der Waals surface area contributed by atoms with Crippen LogP contribution in [0.15, 0.2) is 12.1 Å². The smallest absolute Gasteiger partial charge is 0.417 e. The fourth-order valence-corrected chi connectivity index (χ4v) is 1.15. The summed E-state index contributed by atoms with van der Waals surface area (Å²) in [4.78, 5) is 11.1. The van der Waals surface area contributed by atoms with Crippen molar-refractivity contribution in [3.8, 4) is 11.5 Å². The summed E-state index contributed by atoms with van der Waals surface area (Å²) in [5.41, 5.74) is 2.86. The van der Waals surface area contributed by atoms with Gasteiger partial charge in [0.25, 0.3) is 0 Å². The first-order valence-electron chi connectivity index (χ1n) is 4.13. The van der Waals surface area contributed by atoms with Crippen LogP contribution in [0.4, 0.5) is 13.2 Å². The van der Waals surface area contributed by atoms with Crippen LogP contribution in [0, 0.1) is 0 Å². The number of rotatable bonds is 2. The second kappa shape index (κ2) is 4.01. The van der Waals surface area contributed by atoms with E-state index in [0.717, 1.165) is 0 Å². The van der Waals surface area contributed by atoms with E-state index in [1.54, 1.807) is 0 Å². The number of benzene rings is 1. The molecule has 0 aliphatic carbocycles. The average molecular weight is 235 g/mol. The minimum absolute atomic E-state index is 0.290. The Kier molecular flexibility index (Phi) is 3.09. The summed E-state index contributed by atoms with van der Waals surface area (Å²) in [6.45, 7) is -0.618. The van der Waals surface area contributed by atoms with Crippen molar-refractivity contribution in [1.29, 1.82) is 0 Å². The number of Topliss-reactive ketones (excluding diaryl/α,β-unsaturated/α-hetero) is 1. The number of aromatic hydroxyl groups is 2. The van der Waals surface area contributed by atoms with Crippen LogP contribution in [0.3, 0.4) is 0 Å². The van der Waals surface area contributed by atoms with Crippen molar-refractivity contribution in [2.24, 2.45) is 5.73 Å². The van der Waals surface area contributed by atoms with Crippen LogP contribution in [0.5, 0.6) is 11.5 Å². The minimum atomic E-state index is -4.80. The molecule has 1 aromatic rings. The summed E-state index contributed by atoms with van der Waals surface area (Å²) in [5, 5.41) is 18.0. The summed E-state index contributed by atoms with van der Waals surface area (Å²) >= 11 is 0. The number of hydrogen-bond acceptors (Lipinski definition) is 4. The second-order valence-electron chi connectivity index (χ2n) is 3.01. The van der Waals surface area contributed by atoms with Gasteiger partial charge in [-0.15, -0.1) is 0 Å². The summed E-state index contributed by atoms with van der Waals surface area (Å²) < 4.78 is 37.4. The summed E-state index contributed by atoms with van der Waals surface area (Å²) in [7, 11) is 0. The van der Waals surface area contributed by atoms with E-state index in [1.165, 1.54) is 0 Å². The Bertz CT molecular complexity index is 429. The molecular weight excluding hydrogens is 227 g/mol. The van der Waals surface area contributed by atoms with Gasteiger partial charge in [0.05, 0.1) is 12.1 Å². The van der Waals surface area contributed by atoms with Gasteiger partial charge in [-0.1, -0.05) is 0 Å². The van der Waals surface area contributed by atoms with Crippen molar-refractivity contribution in [2.45, 2.75) is 6.18 Å². The van der Waals surface area contributed by atoms with Gasteiger partial charge in [0.2, 0.25) is 0 Å². The van der Waals surface area contributed by atoms with Crippen LogP contribution in [0.25, 0.3) is 0 Å². The lowest BCUT2D eigenvalue weighted by Crippen LogP contribution is -2.19. The third kappa shape index (κ3) is 2.25. The molecule has 4 N–H and O–H groups in total. The van der Waals surface area contributed by atoms with Crippen molar-refractivity contribution in [1.82, 2.24) is 0 Å². The van der Waals surface area contributed by atoms with E-state index >= 15 is 0 Å². The maximum absolute atomic E-state index is 12.5. The molecule has 0 amide bonds. The van der Waals surface area contributed by atoms with Crippen LogP contribution < -0.4 is 5.73 Å². The SMILES string of the molecule is NCC(=O)c1cc(O)c(O)cc1C(F)(F)F. The minimum Gasteiger partial charge on any atom is -0.504 e. The molecule has 0 aromatic heterocycles. The normalized spacial score (nSPS) is 11.5. The lowest BCUT2D eigenvalue weighted by Gasteiger charge is -2.12. The molecule has 0 unspecified atom stereocenters. The number of carbonyl (C=O) groups excluding carboxylic acids is 1. The van der Waals surface area contributed by atoms with Crippen LogP contribution in [-0.4, -0.2) is 22.5 Å². The Morgan fingerprint density at radius 1 is 1.25 bits per heavy atom. The predicted octanol–water partition coefficient (Wildman–Crippen LogP) is 1.26. The maximum atomic E-state index is 12.5. The van der Waals surface area contributed by atoms with Crippen molar-refractivity contribution >= 4 is 5.78 Å². The molecule has 0 heterocycles. The van der Waals surface area contributed by atoms with Crippen molar-refractivity contribution in [2.75, 3.05) is 6.54 Å². The summed E-state index contributed by atoms with van der Waals surface area (Å²) in [5.74, 6) is -2.71. The maximum Gasteiger partial charge on any atom is 0.417 e. The van der Waals surface area contributed by atoms with Gasteiger partial charge in [-0.2, -0.15) is 13.2 Å². The van der Waals surface area contributed by atoms with Gasteiger partial charge in [0.15, 0.2) is 17.3 Å².